The summed E-state index contributed by atoms with van der Waals surface area (Å²) in [6, 6.07) is 9.66. The highest BCUT2D eigenvalue weighted by Gasteiger charge is 2.22. The second-order valence-corrected chi connectivity index (χ2v) is 7.86. The highest BCUT2D eigenvalue weighted by molar-refractivity contribution is 5.75. The maximum atomic E-state index is 12.4. The van der Waals surface area contributed by atoms with Crippen LogP contribution in [0.25, 0.3) is 0 Å². The van der Waals surface area contributed by atoms with Crippen LogP contribution < -0.4 is 5.48 Å². The number of oxazole rings is 1. The quantitative estimate of drug-likeness (QED) is 0.427. The number of rotatable bonds is 11. The van der Waals surface area contributed by atoms with Crippen molar-refractivity contribution in [2.45, 2.75) is 70.3 Å². The van der Waals surface area contributed by atoms with Crippen LogP contribution in [0.1, 0.15) is 85.6 Å². The van der Waals surface area contributed by atoms with Crippen molar-refractivity contribution in [3.63, 3.8) is 0 Å². The molecular formula is C23H30N2O4. The van der Waals surface area contributed by atoms with Crippen molar-refractivity contribution in [3.05, 3.63) is 53.7 Å². The molecular weight excluding hydrogens is 368 g/mol. The lowest BCUT2D eigenvalue weighted by Crippen LogP contribution is -2.25. The van der Waals surface area contributed by atoms with E-state index >= 15 is 0 Å². The Morgan fingerprint density at radius 1 is 1.24 bits per heavy atom. The first kappa shape index (κ1) is 21.2. The number of aromatic nitrogens is 1. The Hall–Kier alpha value is -2.47. The summed E-state index contributed by atoms with van der Waals surface area (Å²) in [5.74, 6) is 0.874. The molecule has 1 N–H and O–H groups in total. The van der Waals surface area contributed by atoms with Gasteiger partial charge in [-0.1, -0.05) is 75.3 Å². The molecule has 1 aliphatic rings. The van der Waals surface area contributed by atoms with Gasteiger partial charge in [-0.05, 0) is 17.9 Å². The number of nitrogens with zero attached hydrogens (tertiary/aromatic N) is 1. The van der Waals surface area contributed by atoms with Gasteiger partial charge in [0, 0.05) is 12.3 Å². The number of amides is 1. The monoisotopic (exact) mass is 398 g/mol. The average molecular weight is 399 g/mol. The van der Waals surface area contributed by atoms with Gasteiger partial charge < -0.3 is 4.42 Å². The molecule has 6 heteroatoms. The third kappa shape index (κ3) is 7.13. The van der Waals surface area contributed by atoms with Crippen molar-refractivity contribution in [2.24, 2.45) is 5.92 Å². The van der Waals surface area contributed by atoms with Gasteiger partial charge in [-0.2, -0.15) is 0 Å². The van der Waals surface area contributed by atoms with Gasteiger partial charge in [-0.15, -0.1) is 0 Å². The van der Waals surface area contributed by atoms with Crippen molar-refractivity contribution >= 4 is 12.2 Å². The minimum absolute atomic E-state index is 0.160. The second-order valence-electron chi connectivity index (χ2n) is 7.86. The molecule has 0 saturated heterocycles. The summed E-state index contributed by atoms with van der Waals surface area (Å²) in [6.45, 7) is 0.313. The van der Waals surface area contributed by atoms with Crippen LogP contribution in [0.15, 0.2) is 41.0 Å². The normalized spacial score (nSPS) is 15.7. The van der Waals surface area contributed by atoms with Crippen LogP contribution in [0.2, 0.25) is 0 Å². The van der Waals surface area contributed by atoms with Gasteiger partial charge >= 0.3 is 0 Å². The van der Waals surface area contributed by atoms with E-state index in [1.165, 1.54) is 44.8 Å². The van der Waals surface area contributed by atoms with Gasteiger partial charge in [0.15, 0.2) is 12.2 Å². The molecule has 0 radical (unpaired) electrons. The van der Waals surface area contributed by atoms with E-state index in [2.05, 4.69) is 10.5 Å². The van der Waals surface area contributed by atoms with Gasteiger partial charge in [-0.3, -0.25) is 14.4 Å². The van der Waals surface area contributed by atoms with E-state index in [-0.39, 0.29) is 23.9 Å². The maximum absolute atomic E-state index is 12.4. The van der Waals surface area contributed by atoms with Crippen LogP contribution in [0.4, 0.5) is 0 Å². The van der Waals surface area contributed by atoms with Crippen molar-refractivity contribution in [2.75, 3.05) is 0 Å². The minimum Gasteiger partial charge on any atom is -0.448 e. The highest BCUT2D eigenvalue weighted by Crippen LogP contribution is 2.31. The van der Waals surface area contributed by atoms with E-state index in [4.69, 9.17) is 9.25 Å². The molecule has 156 valence electrons. The smallest absolute Gasteiger partial charge is 0.244 e. The topological polar surface area (TPSA) is 81.4 Å². The summed E-state index contributed by atoms with van der Waals surface area (Å²) in [7, 11) is 0. The minimum atomic E-state index is -0.213. The van der Waals surface area contributed by atoms with E-state index in [0.717, 1.165) is 24.3 Å². The molecule has 1 amide bonds. The van der Waals surface area contributed by atoms with E-state index in [9.17, 15) is 9.59 Å². The summed E-state index contributed by atoms with van der Waals surface area (Å²) in [4.78, 5) is 32.9. The number of hydrogen-bond donors (Lipinski definition) is 1. The molecule has 1 saturated carbocycles. The van der Waals surface area contributed by atoms with Gasteiger partial charge in [0.2, 0.25) is 5.91 Å². The van der Waals surface area contributed by atoms with Crippen LogP contribution in [-0.2, 0) is 16.2 Å². The molecule has 1 heterocycles. The Balaban J connectivity index is 1.49. The van der Waals surface area contributed by atoms with Crippen molar-refractivity contribution < 1.29 is 18.8 Å². The molecule has 3 rings (SSSR count). The average Bonchev–Trinajstić information content (AvgIpc) is 3.24. The van der Waals surface area contributed by atoms with E-state index < -0.39 is 0 Å². The van der Waals surface area contributed by atoms with Crippen LogP contribution in [0.5, 0.6) is 0 Å². The van der Waals surface area contributed by atoms with Gasteiger partial charge in [0.05, 0.1) is 6.61 Å². The van der Waals surface area contributed by atoms with Gasteiger partial charge in [0.25, 0.3) is 0 Å². The summed E-state index contributed by atoms with van der Waals surface area (Å²) < 4.78 is 5.47. The number of hydrogen-bond acceptors (Lipinski definition) is 5. The SMILES string of the molecule is O=Cc1coc(C(CCCC2CCCCC2)CC(=O)NOCc2ccccc2)n1. The third-order valence-corrected chi connectivity index (χ3v) is 5.60. The fourth-order valence-corrected chi connectivity index (χ4v) is 4.02. The van der Waals surface area contributed by atoms with Crippen molar-refractivity contribution in [1.29, 1.82) is 0 Å². The number of carbonyl (C=O) groups is 2. The lowest BCUT2D eigenvalue weighted by molar-refractivity contribution is -0.135. The second kappa shape index (κ2) is 11.5. The van der Waals surface area contributed by atoms with Crippen LogP contribution in [0.3, 0.4) is 0 Å². The maximum Gasteiger partial charge on any atom is 0.244 e. The first-order valence-electron chi connectivity index (χ1n) is 10.6. The lowest BCUT2D eigenvalue weighted by Gasteiger charge is -2.22. The molecule has 1 aromatic carbocycles. The van der Waals surface area contributed by atoms with Crippen LogP contribution >= 0.6 is 0 Å². The predicted molar refractivity (Wildman–Crippen MR) is 109 cm³/mol. The number of nitrogens with one attached hydrogen (secondary N) is 1. The van der Waals surface area contributed by atoms with E-state index in [1.807, 2.05) is 30.3 Å². The molecule has 0 aliphatic heterocycles. The molecule has 1 aliphatic carbocycles. The highest BCUT2D eigenvalue weighted by atomic mass is 16.6. The zero-order valence-corrected chi connectivity index (χ0v) is 16.8. The number of benzene rings is 1. The zero-order chi connectivity index (χ0) is 20.3. The van der Waals surface area contributed by atoms with Crippen molar-refractivity contribution in [1.82, 2.24) is 10.5 Å². The number of aldehydes is 1. The van der Waals surface area contributed by atoms with Crippen molar-refractivity contribution in [3.8, 4) is 0 Å². The number of carbonyl (C=O) groups excluding carboxylic acids is 2. The first-order valence-corrected chi connectivity index (χ1v) is 10.6. The van der Waals surface area contributed by atoms with Gasteiger partial charge in [0.1, 0.15) is 12.0 Å². The molecule has 1 aromatic heterocycles. The Kier molecular flexibility index (Phi) is 8.43. The van der Waals surface area contributed by atoms with E-state index in [1.54, 1.807) is 0 Å². The Morgan fingerprint density at radius 2 is 2.03 bits per heavy atom. The largest absolute Gasteiger partial charge is 0.448 e. The number of hydroxylamine groups is 1. The molecule has 29 heavy (non-hydrogen) atoms. The zero-order valence-electron chi connectivity index (χ0n) is 16.8. The summed E-state index contributed by atoms with van der Waals surface area (Å²) in [5, 5.41) is 0. The van der Waals surface area contributed by atoms with E-state index in [0.29, 0.717) is 18.8 Å². The summed E-state index contributed by atoms with van der Waals surface area (Å²) >= 11 is 0. The molecule has 2 aromatic rings. The van der Waals surface area contributed by atoms with Gasteiger partial charge in [-0.25, -0.2) is 10.5 Å². The van der Waals surface area contributed by atoms with Crippen LogP contribution in [-0.4, -0.2) is 17.2 Å². The molecule has 1 atom stereocenters. The van der Waals surface area contributed by atoms with Crippen LogP contribution in [0, 0.1) is 5.92 Å². The molecule has 0 bridgehead atoms. The Bertz CT molecular complexity index is 753. The Labute approximate surface area is 172 Å². The standard InChI is InChI=1S/C23H30N2O4/c26-15-21-17-28-23(24-21)20(13-7-12-18-8-3-1-4-9-18)14-22(27)25-29-16-19-10-5-2-6-11-19/h2,5-6,10-11,15,17-18,20H,1,3-4,7-9,12-14,16H2,(H,25,27). The first-order chi connectivity index (χ1) is 14.2. The lowest BCUT2D eigenvalue weighted by atomic mass is 9.84. The Morgan fingerprint density at radius 3 is 2.76 bits per heavy atom. The molecule has 6 nitrogen and oxygen atoms in total. The predicted octanol–water partition coefficient (Wildman–Crippen LogP) is 4.96. The summed E-state index contributed by atoms with van der Waals surface area (Å²) in [6.07, 6.45) is 11.9. The summed E-state index contributed by atoms with van der Waals surface area (Å²) in [5.41, 5.74) is 3.76. The third-order valence-electron chi connectivity index (χ3n) is 5.60. The fraction of sp³-hybridized carbons (Fsp3) is 0.522. The fourth-order valence-electron chi connectivity index (χ4n) is 4.02. The molecule has 0 spiro atoms. The molecule has 1 fully saturated rings. The molecule has 1 unspecified atom stereocenters.